The van der Waals surface area contributed by atoms with Crippen molar-refractivity contribution in [1.29, 1.82) is 0 Å². The number of nitrogens with one attached hydrogen (secondary N) is 2. The van der Waals surface area contributed by atoms with Gasteiger partial charge in [0.15, 0.2) is 6.61 Å². The van der Waals surface area contributed by atoms with Gasteiger partial charge < -0.3 is 20.1 Å². The van der Waals surface area contributed by atoms with Gasteiger partial charge in [0.1, 0.15) is 11.5 Å². The molecule has 3 aromatic carbocycles. The Balaban J connectivity index is 1.64. The van der Waals surface area contributed by atoms with Crippen LogP contribution >= 0.6 is 0 Å². The van der Waals surface area contributed by atoms with Crippen LogP contribution in [0.2, 0.25) is 0 Å². The Morgan fingerprint density at radius 3 is 2.35 bits per heavy atom. The molecule has 0 unspecified atom stereocenters. The largest absolute Gasteiger partial charge is 0.494 e. The van der Waals surface area contributed by atoms with E-state index in [1.54, 1.807) is 48.5 Å². The molecule has 2 amide bonds. The number of benzene rings is 3. The smallest absolute Gasteiger partial charge is 0.262 e. The van der Waals surface area contributed by atoms with Crippen LogP contribution in [0.3, 0.4) is 0 Å². The molecule has 0 aliphatic carbocycles. The van der Waals surface area contributed by atoms with Crippen LogP contribution in [0.4, 0.5) is 11.4 Å². The molecule has 0 aromatic heterocycles. The molecule has 160 valence electrons. The van der Waals surface area contributed by atoms with Gasteiger partial charge in [-0.3, -0.25) is 9.59 Å². The first-order chi connectivity index (χ1) is 15.0. The summed E-state index contributed by atoms with van der Waals surface area (Å²) in [7, 11) is 0. The van der Waals surface area contributed by atoms with E-state index in [2.05, 4.69) is 10.6 Å². The number of hydrogen-bond acceptors (Lipinski definition) is 4. The minimum absolute atomic E-state index is 0.154. The molecule has 31 heavy (non-hydrogen) atoms. The van der Waals surface area contributed by atoms with E-state index in [1.165, 1.54) is 0 Å². The summed E-state index contributed by atoms with van der Waals surface area (Å²) in [6.07, 6.45) is 0. The lowest BCUT2D eigenvalue weighted by Crippen LogP contribution is -2.23. The fourth-order valence-corrected chi connectivity index (χ4v) is 2.98. The number of carbonyl (C=O) groups excluding carboxylic acids is 2. The van der Waals surface area contributed by atoms with Gasteiger partial charge in [-0.2, -0.15) is 0 Å². The van der Waals surface area contributed by atoms with Crippen LogP contribution in [0.1, 0.15) is 28.4 Å². The number of anilines is 2. The third kappa shape index (κ3) is 6.09. The summed E-state index contributed by atoms with van der Waals surface area (Å²) >= 11 is 0. The molecule has 3 aromatic rings. The van der Waals surface area contributed by atoms with Crippen LogP contribution < -0.4 is 20.1 Å². The average molecular weight is 418 g/mol. The van der Waals surface area contributed by atoms with E-state index in [0.717, 1.165) is 16.9 Å². The zero-order chi connectivity index (χ0) is 22.2. The fourth-order valence-electron chi connectivity index (χ4n) is 2.98. The summed E-state index contributed by atoms with van der Waals surface area (Å²) in [5, 5.41) is 5.60. The molecule has 0 spiro atoms. The molecule has 2 N–H and O–H groups in total. The quantitative estimate of drug-likeness (QED) is 0.541. The third-order valence-electron chi connectivity index (χ3n) is 4.57. The molecule has 0 fully saturated rings. The van der Waals surface area contributed by atoms with Gasteiger partial charge in [0, 0.05) is 5.69 Å². The van der Waals surface area contributed by atoms with Crippen molar-refractivity contribution in [3.05, 3.63) is 83.4 Å². The van der Waals surface area contributed by atoms with E-state index in [1.807, 2.05) is 39.0 Å². The van der Waals surface area contributed by atoms with E-state index in [0.29, 0.717) is 29.3 Å². The van der Waals surface area contributed by atoms with E-state index >= 15 is 0 Å². The first-order valence-corrected chi connectivity index (χ1v) is 10.1. The highest BCUT2D eigenvalue weighted by Crippen LogP contribution is 2.21. The van der Waals surface area contributed by atoms with E-state index < -0.39 is 0 Å². The lowest BCUT2D eigenvalue weighted by atomic mass is 10.1. The lowest BCUT2D eigenvalue weighted by Gasteiger charge is -2.13. The Morgan fingerprint density at radius 2 is 1.61 bits per heavy atom. The maximum absolute atomic E-state index is 12.8. The van der Waals surface area contributed by atoms with Crippen LogP contribution in [0.25, 0.3) is 0 Å². The first kappa shape index (κ1) is 21.9. The predicted octanol–water partition coefficient (Wildman–Crippen LogP) is 4.97. The lowest BCUT2D eigenvalue weighted by molar-refractivity contribution is -0.118. The number of rotatable bonds is 8. The molecule has 0 aliphatic heterocycles. The van der Waals surface area contributed by atoms with Crippen molar-refractivity contribution >= 4 is 23.2 Å². The van der Waals surface area contributed by atoms with E-state index in [9.17, 15) is 9.59 Å². The second kappa shape index (κ2) is 10.3. The van der Waals surface area contributed by atoms with Crippen LogP contribution in [-0.4, -0.2) is 25.0 Å². The maximum Gasteiger partial charge on any atom is 0.262 e. The van der Waals surface area contributed by atoms with Gasteiger partial charge in [-0.1, -0.05) is 24.3 Å². The number of amides is 2. The van der Waals surface area contributed by atoms with Gasteiger partial charge in [0.25, 0.3) is 11.8 Å². The zero-order valence-corrected chi connectivity index (χ0v) is 17.9. The normalized spacial score (nSPS) is 10.3. The highest BCUT2D eigenvalue weighted by atomic mass is 16.5. The van der Waals surface area contributed by atoms with Crippen molar-refractivity contribution in [2.45, 2.75) is 20.8 Å². The molecular formula is C25H26N2O4. The molecule has 0 saturated heterocycles. The Morgan fingerprint density at radius 1 is 0.871 bits per heavy atom. The number of ether oxygens (including phenoxy) is 2. The van der Waals surface area contributed by atoms with Crippen LogP contribution in [0.5, 0.6) is 11.5 Å². The fraction of sp³-hybridized carbons (Fsp3) is 0.200. The molecule has 0 bridgehead atoms. The van der Waals surface area contributed by atoms with Crippen LogP contribution in [0, 0.1) is 13.8 Å². The number of hydrogen-bond donors (Lipinski definition) is 2. The number of para-hydroxylation sites is 1. The van der Waals surface area contributed by atoms with Crippen molar-refractivity contribution in [2.24, 2.45) is 0 Å². The SMILES string of the molecule is CCOc1ccc(NC(=O)c2ccccc2NC(=O)COc2cc(C)ccc2C)cc1. The second-order valence-corrected chi connectivity index (χ2v) is 7.06. The van der Waals surface area contributed by atoms with Gasteiger partial charge in [0.2, 0.25) is 0 Å². The summed E-state index contributed by atoms with van der Waals surface area (Å²) in [6.45, 7) is 6.22. The van der Waals surface area contributed by atoms with Gasteiger partial charge in [0.05, 0.1) is 17.9 Å². The molecule has 0 heterocycles. The minimum atomic E-state index is -0.345. The van der Waals surface area contributed by atoms with Gasteiger partial charge in [-0.05, 0) is 74.4 Å². The average Bonchev–Trinajstić information content (AvgIpc) is 2.76. The van der Waals surface area contributed by atoms with Crippen molar-refractivity contribution < 1.29 is 19.1 Å². The van der Waals surface area contributed by atoms with Gasteiger partial charge in [-0.15, -0.1) is 0 Å². The predicted molar refractivity (Wildman–Crippen MR) is 122 cm³/mol. The van der Waals surface area contributed by atoms with Crippen LogP contribution in [0.15, 0.2) is 66.7 Å². The van der Waals surface area contributed by atoms with Crippen molar-refractivity contribution in [3.63, 3.8) is 0 Å². The second-order valence-electron chi connectivity index (χ2n) is 7.06. The van der Waals surface area contributed by atoms with Crippen molar-refractivity contribution in [2.75, 3.05) is 23.8 Å². The summed E-state index contributed by atoms with van der Waals surface area (Å²) in [5.74, 6) is 0.728. The Labute approximate surface area is 182 Å². The van der Waals surface area contributed by atoms with Gasteiger partial charge >= 0.3 is 0 Å². The monoisotopic (exact) mass is 418 g/mol. The topological polar surface area (TPSA) is 76.7 Å². The van der Waals surface area contributed by atoms with E-state index in [4.69, 9.17) is 9.47 Å². The molecule has 0 saturated carbocycles. The standard InChI is InChI=1S/C25H26N2O4/c1-4-30-20-13-11-19(12-14-20)26-25(29)21-7-5-6-8-22(21)27-24(28)16-31-23-15-17(2)9-10-18(23)3/h5-15H,4,16H2,1-3H3,(H,26,29)(H,27,28). The third-order valence-corrected chi connectivity index (χ3v) is 4.57. The van der Waals surface area contributed by atoms with Crippen molar-refractivity contribution in [1.82, 2.24) is 0 Å². The number of aryl methyl sites for hydroxylation is 2. The molecule has 0 radical (unpaired) electrons. The summed E-state index contributed by atoms with van der Waals surface area (Å²) in [5.41, 5.74) is 3.41. The van der Waals surface area contributed by atoms with Crippen molar-refractivity contribution in [3.8, 4) is 11.5 Å². The highest BCUT2D eigenvalue weighted by Gasteiger charge is 2.14. The Bertz CT molecular complexity index is 1060. The molecule has 0 atom stereocenters. The molecule has 6 nitrogen and oxygen atoms in total. The number of carbonyl (C=O) groups is 2. The summed E-state index contributed by atoms with van der Waals surface area (Å²) in [4.78, 5) is 25.2. The van der Waals surface area contributed by atoms with Crippen LogP contribution in [-0.2, 0) is 4.79 Å². The van der Waals surface area contributed by atoms with E-state index in [-0.39, 0.29) is 18.4 Å². The molecule has 6 heteroatoms. The highest BCUT2D eigenvalue weighted by molar-refractivity contribution is 6.10. The maximum atomic E-state index is 12.8. The zero-order valence-electron chi connectivity index (χ0n) is 17.9. The summed E-state index contributed by atoms with van der Waals surface area (Å²) < 4.78 is 11.1. The van der Waals surface area contributed by atoms with Gasteiger partial charge in [-0.25, -0.2) is 0 Å². The minimum Gasteiger partial charge on any atom is -0.494 e. The first-order valence-electron chi connectivity index (χ1n) is 10.1. The molecule has 3 rings (SSSR count). The molecular weight excluding hydrogens is 392 g/mol. The summed E-state index contributed by atoms with van der Waals surface area (Å²) in [6, 6.07) is 19.8. The Hall–Kier alpha value is -3.80. The Kier molecular flexibility index (Phi) is 7.27. The molecule has 0 aliphatic rings.